The van der Waals surface area contributed by atoms with Crippen LogP contribution >= 0.6 is 0 Å². The molecule has 6 nitrogen and oxygen atoms in total. The number of nitro benzene ring substituents is 1. The number of aromatic nitrogens is 2. The molecule has 0 bridgehead atoms. The number of nitrogens with two attached hydrogens (primary N) is 1. The van der Waals surface area contributed by atoms with E-state index in [1.165, 1.54) is 6.07 Å². The van der Waals surface area contributed by atoms with E-state index in [4.69, 9.17) is 5.73 Å². The Balaban J connectivity index is 2.80. The van der Waals surface area contributed by atoms with Gasteiger partial charge in [-0.3, -0.25) is 10.1 Å². The van der Waals surface area contributed by atoms with Crippen LogP contribution in [0.4, 0.5) is 11.6 Å². The molecule has 0 saturated heterocycles. The van der Waals surface area contributed by atoms with Crippen LogP contribution in [0.5, 0.6) is 0 Å². The molecule has 0 aliphatic heterocycles. The first-order valence-electron chi connectivity index (χ1n) is 3.99. The highest BCUT2D eigenvalue weighted by molar-refractivity contribution is 5.83. The van der Waals surface area contributed by atoms with Crippen molar-refractivity contribution in [3.8, 4) is 0 Å². The van der Waals surface area contributed by atoms with Gasteiger partial charge < -0.3 is 10.7 Å². The van der Waals surface area contributed by atoms with Crippen molar-refractivity contribution in [2.24, 2.45) is 0 Å². The Hall–Kier alpha value is -2.11. The topological polar surface area (TPSA) is 97.8 Å². The largest absolute Gasteiger partial charge is 0.369 e. The molecule has 0 spiro atoms. The molecule has 1 aromatic heterocycles. The van der Waals surface area contributed by atoms with E-state index in [2.05, 4.69) is 9.97 Å². The molecule has 2 aromatic rings. The number of hydrogen-bond donors (Lipinski definition) is 2. The van der Waals surface area contributed by atoms with Gasteiger partial charge in [-0.05, 0) is 13.0 Å². The Morgan fingerprint density at radius 2 is 2.29 bits per heavy atom. The summed E-state index contributed by atoms with van der Waals surface area (Å²) in [6, 6.07) is 3.04. The van der Waals surface area contributed by atoms with Crippen LogP contribution in [-0.2, 0) is 0 Å². The summed E-state index contributed by atoms with van der Waals surface area (Å²) in [6.07, 6.45) is 0. The molecule has 0 aliphatic carbocycles. The van der Waals surface area contributed by atoms with Crippen LogP contribution in [0, 0.1) is 17.0 Å². The van der Waals surface area contributed by atoms with Crippen LogP contribution in [0.1, 0.15) is 5.56 Å². The number of nitro groups is 1. The van der Waals surface area contributed by atoms with Crippen LogP contribution in [-0.4, -0.2) is 14.9 Å². The zero-order chi connectivity index (χ0) is 10.3. The fourth-order valence-electron chi connectivity index (χ4n) is 1.42. The average molecular weight is 192 g/mol. The number of aryl methyl sites for hydroxylation is 1. The zero-order valence-electron chi connectivity index (χ0n) is 7.44. The lowest BCUT2D eigenvalue weighted by molar-refractivity contribution is -0.385. The number of hydrogen-bond acceptors (Lipinski definition) is 4. The van der Waals surface area contributed by atoms with Crippen molar-refractivity contribution in [1.29, 1.82) is 0 Å². The molecule has 14 heavy (non-hydrogen) atoms. The molecule has 6 heteroatoms. The molecule has 1 aromatic carbocycles. The van der Waals surface area contributed by atoms with E-state index in [1.54, 1.807) is 13.0 Å². The standard InChI is InChI=1S/C8H8N4O2/c1-4-6(12(13)14)3-2-5-7(4)11-8(9)10-5/h2-3H,1H3,(H3,9,10,11). The molecular weight excluding hydrogens is 184 g/mol. The van der Waals surface area contributed by atoms with E-state index in [-0.39, 0.29) is 11.6 Å². The first-order chi connectivity index (χ1) is 6.59. The molecule has 0 amide bonds. The van der Waals surface area contributed by atoms with Crippen LogP contribution in [0.15, 0.2) is 12.1 Å². The number of benzene rings is 1. The first kappa shape index (κ1) is 8.49. The number of anilines is 1. The minimum absolute atomic E-state index is 0.0593. The number of imidazole rings is 1. The summed E-state index contributed by atoms with van der Waals surface area (Å²) in [6.45, 7) is 1.65. The number of H-pyrrole nitrogens is 1. The summed E-state index contributed by atoms with van der Waals surface area (Å²) in [7, 11) is 0. The SMILES string of the molecule is Cc1c([N+](=O)[O-])ccc2[nH]c(N)nc12. The summed E-state index contributed by atoms with van der Waals surface area (Å²) < 4.78 is 0. The van der Waals surface area contributed by atoms with E-state index in [0.29, 0.717) is 16.6 Å². The highest BCUT2D eigenvalue weighted by Gasteiger charge is 2.14. The summed E-state index contributed by atoms with van der Waals surface area (Å²) in [5.41, 5.74) is 7.30. The van der Waals surface area contributed by atoms with Crippen molar-refractivity contribution in [2.45, 2.75) is 6.92 Å². The monoisotopic (exact) mass is 192 g/mol. The van der Waals surface area contributed by atoms with E-state index in [1.807, 2.05) is 0 Å². The lowest BCUT2D eigenvalue weighted by Gasteiger charge is -1.96. The molecule has 2 rings (SSSR count). The van der Waals surface area contributed by atoms with E-state index in [0.717, 1.165) is 0 Å². The second kappa shape index (κ2) is 2.69. The van der Waals surface area contributed by atoms with Crippen molar-refractivity contribution in [3.05, 3.63) is 27.8 Å². The van der Waals surface area contributed by atoms with Crippen molar-refractivity contribution in [3.63, 3.8) is 0 Å². The maximum Gasteiger partial charge on any atom is 0.274 e. The van der Waals surface area contributed by atoms with Gasteiger partial charge in [-0.15, -0.1) is 0 Å². The Bertz CT molecular complexity index is 517. The van der Waals surface area contributed by atoms with Gasteiger partial charge in [-0.25, -0.2) is 4.98 Å². The highest BCUT2D eigenvalue weighted by atomic mass is 16.6. The third kappa shape index (κ3) is 1.08. The molecule has 72 valence electrons. The van der Waals surface area contributed by atoms with Gasteiger partial charge in [-0.2, -0.15) is 0 Å². The molecule has 0 unspecified atom stereocenters. The van der Waals surface area contributed by atoms with Gasteiger partial charge in [0.1, 0.15) is 5.52 Å². The number of nitrogens with zero attached hydrogens (tertiary/aromatic N) is 2. The van der Waals surface area contributed by atoms with Crippen molar-refractivity contribution in [1.82, 2.24) is 9.97 Å². The fraction of sp³-hybridized carbons (Fsp3) is 0.125. The maximum atomic E-state index is 10.6. The minimum Gasteiger partial charge on any atom is -0.369 e. The normalized spacial score (nSPS) is 10.6. The van der Waals surface area contributed by atoms with Crippen LogP contribution in [0.2, 0.25) is 0 Å². The van der Waals surface area contributed by atoms with Crippen LogP contribution in [0.25, 0.3) is 11.0 Å². The van der Waals surface area contributed by atoms with E-state index in [9.17, 15) is 10.1 Å². The third-order valence-electron chi connectivity index (χ3n) is 2.09. The predicted octanol–water partition coefficient (Wildman–Crippen LogP) is 1.36. The van der Waals surface area contributed by atoms with Crippen molar-refractivity contribution in [2.75, 3.05) is 5.73 Å². The van der Waals surface area contributed by atoms with Gasteiger partial charge in [-0.1, -0.05) is 0 Å². The Morgan fingerprint density at radius 1 is 1.57 bits per heavy atom. The van der Waals surface area contributed by atoms with Gasteiger partial charge >= 0.3 is 0 Å². The molecule has 0 aliphatic rings. The predicted molar refractivity (Wildman–Crippen MR) is 51.9 cm³/mol. The molecular formula is C8H8N4O2. The van der Waals surface area contributed by atoms with Gasteiger partial charge in [0.15, 0.2) is 5.95 Å². The van der Waals surface area contributed by atoms with E-state index < -0.39 is 4.92 Å². The van der Waals surface area contributed by atoms with Gasteiger partial charge in [0, 0.05) is 6.07 Å². The Labute approximate surface area is 78.9 Å². The molecule has 0 saturated carbocycles. The maximum absolute atomic E-state index is 10.6. The van der Waals surface area contributed by atoms with Crippen molar-refractivity contribution < 1.29 is 4.92 Å². The smallest absolute Gasteiger partial charge is 0.274 e. The summed E-state index contributed by atoms with van der Waals surface area (Å²) in [5.74, 6) is 0.267. The van der Waals surface area contributed by atoms with E-state index >= 15 is 0 Å². The zero-order valence-corrected chi connectivity index (χ0v) is 7.44. The lowest BCUT2D eigenvalue weighted by Crippen LogP contribution is -1.91. The van der Waals surface area contributed by atoms with Gasteiger partial charge in [0.25, 0.3) is 5.69 Å². The molecule has 1 heterocycles. The summed E-state index contributed by atoms with van der Waals surface area (Å²) >= 11 is 0. The summed E-state index contributed by atoms with van der Waals surface area (Å²) in [4.78, 5) is 17.0. The quantitative estimate of drug-likeness (QED) is 0.526. The molecule has 0 fully saturated rings. The van der Waals surface area contributed by atoms with Gasteiger partial charge in [0.2, 0.25) is 0 Å². The fourth-order valence-corrected chi connectivity index (χ4v) is 1.42. The molecule has 0 atom stereocenters. The number of rotatable bonds is 1. The molecule has 0 radical (unpaired) electrons. The lowest BCUT2D eigenvalue weighted by atomic mass is 10.1. The molecule has 3 N–H and O–H groups in total. The summed E-state index contributed by atoms with van der Waals surface area (Å²) in [5, 5.41) is 10.6. The number of aromatic amines is 1. The number of fused-ring (bicyclic) bond motifs is 1. The minimum atomic E-state index is -0.431. The Kier molecular flexibility index (Phi) is 1.63. The second-order valence-corrected chi connectivity index (χ2v) is 2.99. The first-order valence-corrected chi connectivity index (χ1v) is 3.99. The highest BCUT2D eigenvalue weighted by Crippen LogP contribution is 2.25. The number of nitrogens with one attached hydrogen (secondary N) is 1. The second-order valence-electron chi connectivity index (χ2n) is 2.99. The van der Waals surface area contributed by atoms with Crippen LogP contribution < -0.4 is 5.73 Å². The van der Waals surface area contributed by atoms with Crippen molar-refractivity contribution >= 4 is 22.7 Å². The average Bonchev–Trinajstić information content (AvgIpc) is 2.46. The third-order valence-corrected chi connectivity index (χ3v) is 2.09. The van der Waals surface area contributed by atoms with Gasteiger partial charge in [0.05, 0.1) is 16.0 Å². The number of nitrogen functional groups attached to an aromatic ring is 1. The Morgan fingerprint density at radius 3 is 2.93 bits per heavy atom. The van der Waals surface area contributed by atoms with Crippen LogP contribution in [0.3, 0.4) is 0 Å².